The van der Waals surface area contributed by atoms with Gasteiger partial charge in [-0.25, -0.2) is 4.98 Å². The Labute approximate surface area is 153 Å². The standard InChI is InChI=1S/C16H18ClF3N4O2/c17-12-7-11(16(18,19)20)8-21-13(12)24-5-3-10(4-6-24)15(26)23-22-14(25)9-1-2-9/h7-10H,1-6H2,(H,22,25)(H,23,26). The summed E-state index contributed by atoms with van der Waals surface area (Å²) in [6.07, 6.45) is -1.06. The van der Waals surface area contributed by atoms with Crippen LogP contribution in [0.2, 0.25) is 5.02 Å². The maximum Gasteiger partial charge on any atom is 0.417 e. The van der Waals surface area contributed by atoms with Crippen molar-refractivity contribution >= 4 is 29.2 Å². The van der Waals surface area contributed by atoms with E-state index in [1.807, 2.05) is 0 Å². The normalized spacial score (nSPS) is 18.5. The van der Waals surface area contributed by atoms with Crippen LogP contribution in [0.3, 0.4) is 0 Å². The molecule has 1 saturated carbocycles. The lowest BCUT2D eigenvalue weighted by molar-refractivity contribution is -0.137. The lowest BCUT2D eigenvalue weighted by Gasteiger charge is -2.32. The molecule has 6 nitrogen and oxygen atoms in total. The maximum absolute atomic E-state index is 12.7. The molecule has 2 amide bonds. The fraction of sp³-hybridized carbons (Fsp3) is 0.562. The van der Waals surface area contributed by atoms with Gasteiger partial charge >= 0.3 is 6.18 Å². The lowest BCUT2D eigenvalue weighted by atomic mass is 9.96. The molecule has 0 aromatic carbocycles. The van der Waals surface area contributed by atoms with Crippen molar-refractivity contribution in [2.45, 2.75) is 31.9 Å². The highest BCUT2D eigenvalue weighted by Gasteiger charge is 2.33. The lowest BCUT2D eigenvalue weighted by Crippen LogP contribution is -2.48. The van der Waals surface area contributed by atoms with E-state index in [4.69, 9.17) is 11.6 Å². The molecule has 0 bridgehead atoms. The highest BCUT2D eigenvalue weighted by molar-refractivity contribution is 6.33. The minimum absolute atomic E-state index is 0.00466. The summed E-state index contributed by atoms with van der Waals surface area (Å²) >= 11 is 5.96. The van der Waals surface area contributed by atoms with E-state index < -0.39 is 11.7 Å². The number of piperidine rings is 1. The molecule has 2 fully saturated rings. The third-order valence-corrected chi connectivity index (χ3v) is 4.85. The van der Waals surface area contributed by atoms with Gasteiger partial charge in [0.1, 0.15) is 5.82 Å². The quantitative estimate of drug-likeness (QED) is 0.778. The number of carbonyl (C=O) groups is 2. The zero-order chi connectivity index (χ0) is 18.9. The first-order valence-electron chi connectivity index (χ1n) is 8.33. The number of pyridine rings is 1. The Hall–Kier alpha value is -2.03. The fourth-order valence-corrected chi connectivity index (χ4v) is 3.13. The van der Waals surface area contributed by atoms with Crippen LogP contribution in [0.5, 0.6) is 0 Å². The molecule has 3 rings (SSSR count). The van der Waals surface area contributed by atoms with Crippen LogP contribution >= 0.6 is 11.6 Å². The van der Waals surface area contributed by atoms with Gasteiger partial charge in [0.15, 0.2) is 0 Å². The molecule has 1 aromatic heterocycles. The number of rotatable bonds is 3. The van der Waals surface area contributed by atoms with Crippen LogP contribution in [0.1, 0.15) is 31.2 Å². The van der Waals surface area contributed by atoms with Crippen LogP contribution in [0.4, 0.5) is 19.0 Å². The average Bonchev–Trinajstić information content (AvgIpc) is 3.44. The van der Waals surface area contributed by atoms with E-state index in [0.29, 0.717) is 25.9 Å². The van der Waals surface area contributed by atoms with Crippen molar-refractivity contribution in [3.63, 3.8) is 0 Å². The number of aromatic nitrogens is 1. The summed E-state index contributed by atoms with van der Waals surface area (Å²) in [6, 6.07) is 0.857. The van der Waals surface area contributed by atoms with Crippen molar-refractivity contribution < 1.29 is 22.8 Å². The number of hydrogen-bond donors (Lipinski definition) is 2. The summed E-state index contributed by atoms with van der Waals surface area (Å²) in [5.41, 5.74) is 3.97. The van der Waals surface area contributed by atoms with Crippen LogP contribution < -0.4 is 15.8 Å². The van der Waals surface area contributed by atoms with Crippen molar-refractivity contribution in [1.29, 1.82) is 0 Å². The summed E-state index contributed by atoms with van der Waals surface area (Å²) in [5.74, 6) is -0.425. The number of nitrogens with one attached hydrogen (secondary N) is 2. The van der Waals surface area contributed by atoms with Crippen LogP contribution in [0.15, 0.2) is 12.3 Å². The summed E-state index contributed by atoms with van der Waals surface area (Å²) in [7, 11) is 0. The Morgan fingerprint density at radius 3 is 2.08 bits per heavy atom. The number of nitrogens with zero attached hydrogens (tertiary/aromatic N) is 2. The zero-order valence-electron chi connectivity index (χ0n) is 13.8. The van der Waals surface area contributed by atoms with Crippen molar-refractivity contribution in [3.05, 3.63) is 22.8 Å². The molecule has 1 aromatic rings. The van der Waals surface area contributed by atoms with Crippen molar-refractivity contribution in [2.24, 2.45) is 11.8 Å². The summed E-state index contributed by atoms with van der Waals surface area (Å²) in [4.78, 5) is 29.2. The zero-order valence-corrected chi connectivity index (χ0v) is 14.5. The molecule has 2 N–H and O–H groups in total. The van der Waals surface area contributed by atoms with Crippen molar-refractivity contribution in [1.82, 2.24) is 15.8 Å². The second-order valence-corrected chi connectivity index (χ2v) is 6.95. The van der Waals surface area contributed by atoms with Crippen molar-refractivity contribution in [2.75, 3.05) is 18.0 Å². The number of carbonyl (C=O) groups excluding carboxylic acids is 2. The molecule has 0 radical (unpaired) electrons. The van der Waals surface area contributed by atoms with Gasteiger partial charge < -0.3 is 4.90 Å². The predicted molar refractivity (Wildman–Crippen MR) is 88.2 cm³/mol. The van der Waals surface area contributed by atoms with E-state index in [1.165, 1.54) is 0 Å². The average molecular weight is 391 g/mol. The van der Waals surface area contributed by atoms with E-state index in [-0.39, 0.29) is 34.5 Å². The smallest absolute Gasteiger partial charge is 0.355 e. The first-order valence-corrected chi connectivity index (χ1v) is 8.71. The largest absolute Gasteiger partial charge is 0.417 e. The van der Waals surface area contributed by atoms with Crippen LogP contribution in [-0.4, -0.2) is 29.9 Å². The predicted octanol–water partition coefficient (Wildman–Crippen LogP) is 2.53. The first kappa shape index (κ1) is 18.8. The molecule has 0 unspecified atom stereocenters. The van der Waals surface area contributed by atoms with E-state index >= 15 is 0 Å². The Kier molecular flexibility index (Phi) is 5.27. The molecule has 2 heterocycles. The maximum atomic E-state index is 12.7. The SMILES string of the molecule is O=C(NNC(=O)C1CCN(c2ncc(C(F)(F)F)cc2Cl)CC1)C1CC1. The van der Waals surface area contributed by atoms with Crippen LogP contribution in [0, 0.1) is 11.8 Å². The van der Waals surface area contributed by atoms with E-state index in [9.17, 15) is 22.8 Å². The summed E-state index contributed by atoms with van der Waals surface area (Å²) < 4.78 is 38.0. The van der Waals surface area contributed by atoms with Gasteiger partial charge in [-0.05, 0) is 31.7 Å². The minimum atomic E-state index is -4.49. The van der Waals surface area contributed by atoms with Gasteiger partial charge in [0.2, 0.25) is 11.8 Å². The minimum Gasteiger partial charge on any atom is -0.355 e. The number of anilines is 1. The van der Waals surface area contributed by atoms with Crippen molar-refractivity contribution in [3.8, 4) is 0 Å². The first-order chi connectivity index (χ1) is 12.3. The number of hydrogen-bond acceptors (Lipinski definition) is 4. The van der Waals surface area contributed by atoms with Gasteiger partial charge in [0.05, 0.1) is 10.6 Å². The van der Waals surface area contributed by atoms with Crippen LogP contribution in [-0.2, 0) is 15.8 Å². The van der Waals surface area contributed by atoms with E-state index in [1.54, 1.807) is 4.90 Å². The molecule has 2 aliphatic rings. The Bertz CT molecular complexity index is 701. The third kappa shape index (κ3) is 4.38. The molecule has 1 aliphatic heterocycles. The molecule has 0 atom stereocenters. The van der Waals surface area contributed by atoms with Gasteiger partial charge in [0.25, 0.3) is 0 Å². The Morgan fingerprint density at radius 2 is 1.62 bits per heavy atom. The van der Waals surface area contributed by atoms with E-state index in [2.05, 4.69) is 15.8 Å². The number of halogens is 4. The van der Waals surface area contributed by atoms with Crippen LogP contribution in [0.25, 0.3) is 0 Å². The van der Waals surface area contributed by atoms with Gasteiger partial charge in [0, 0.05) is 31.1 Å². The second-order valence-electron chi connectivity index (χ2n) is 6.54. The van der Waals surface area contributed by atoms with Gasteiger partial charge in [-0.2, -0.15) is 13.2 Å². The topological polar surface area (TPSA) is 74.3 Å². The summed E-state index contributed by atoms with van der Waals surface area (Å²) in [5, 5.41) is -0.0700. The third-order valence-electron chi connectivity index (χ3n) is 4.57. The molecule has 10 heteroatoms. The molecular weight excluding hydrogens is 373 g/mol. The van der Waals surface area contributed by atoms with Gasteiger partial charge in [-0.1, -0.05) is 11.6 Å². The van der Waals surface area contributed by atoms with E-state index in [0.717, 1.165) is 25.1 Å². The Morgan fingerprint density at radius 1 is 1.08 bits per heavy atom. The molecule has 142 valence electrons. The molecule has 1 aliphatic carbocycles. The second kappa shape index (κ2) is 7.30. The molecule has 1 saturated heterocycles. The summed E-state index contributed by atoms with van der Waals surface area (Å²) in [6.45, 7) is 0.874. The highest BCUT2D eigenvalue weighted by Crippen LogP contribution is 2.34. The molecule has 26 heavy (non-hydrogen) atoms. The Balaban J connectivity index is 1.53. The number of hydrazine groups is 1. The van der Waals surface area contributed by atoms with Gasteiger partial charge in [-0.3, -0.25) is 20.4 Å². The van der Waals surface area contributed by atoms with Gasteiger partial charge in [-0.15, -0.1) is 0 Å². The highest BCUT2D eigenvalue weighted by atomic mass is 35.5. The number of alkyl halides is 3. The molecular formula is C16H18ClF3N4O2. The number of amides is 2. The monoisotopic (exact) mass is 390 g/mol. The fourth-order valence-electron chi connectivity index (χ4n) is 2.84. The molecule has 0 spiro atoms.